The Hall–Kier alpha value is -2.80. The van der Waals surface area contributed by atoms with Crippen LogP contribution in [-0.2, 0) is 9.53 Å². The molecule has 1 N–H and O–H groups in total. The van der Waals surface area contributed by atoms with Gasteiger partial charge in [-0.1, -0.05) is 0 Å². The number of ether oxygens (including phenoxy) is 2. The van der Waals surface area contributed by atoms with Crippen LogP contribution in [0.1, 0.15) is 21.7 Å². The van der Waals surface area contributed by atoms with Gasteiger partial charge in [0, 0.05) is 23.6 Å². The third-order valence-corrected chi connectivity index (χ3v) is 4.62. The summed E-state index contributed by atoms with van der Waals surface area (Å²) in [6.07, 6.45) is -0.974. The maximum absolute atomic E-state index is 12.9. The normalized spacial score (nSPS) is 17.2. The zero-order valence-electron chi connectivity index (χ0n) is 15.1. The van der Waals surface area contributed by atoms with E-state index in [0.29, 0.717) is 12.1 Å². The van der Waals surface area contributed by atoms with Crippen LogP contribution in [0.4, 0.5) is 0 Å². The summed E-state index contributed by atoms with van der Waals surface area (Å²) in [5.41, 5.74) is 3.25. The van der Waals surface area contributed by atoms with E-state index in [1.54, 1.807) is 12.0 Å². The minimum Gasteiger partial charge on any atom is -0.497 e. The fraction of sp³-hybridized carbons (Fsp3) is 0.368. The van der Waals surface area contributed by atoms with Crippen LogP contribution in [0.25, 0.3) is 5.69 Å². The zero-order chi connectivity index (χ0) is 18.8. The molecule has 26 heavy (non-hydrogen) atoms. The highest BCUT2D eigenvalue weighted by molar-refractivity contribution is 5.96. The number of nitrogens with zero attached hydrogens (tertiary/aromatic N) is 2. The lowest BCUT2D eigenvalue weighted by molar-refractivity contribution is -0.154. The molecule has 7 nitrogen and oxygen atoms in total. The minimum absolute atomic E-state index is 0.0559. The summed E-state index contributed by atoms with van der Waals surface area (Å²) in [5.74, 6) is -0.459. The van der Waals surface area contributed by atoms with E-state index in [9.17, 15) is 9.59 Å². The predicted octanol–water partition coefficient (Wildman–Crippen LogP) is 2.03. The monoisotopic (exact) mass is 358 g/mol. The van der Waals surface area contributed by atoms with Crippen molar-refractivity contribution in [2.45, 2.75) is 20.0 Å². The summed E-state index contributed by atoms with van der Waals surface area (Å²) in [5, 5.41) is 9.13. The van der Waals surface area contributed by atoms with Crippen molar-refractivity contribution in [2.24, 2.45) is 0 Å². The number of rotatable bonds is 4. The van der Waals surface area contributed by atoms with Gasteiger partial charge in [-0.3, -0.25) is 4.79 Å². The number of morpholine rings is 1. The summed E-state index contributed by atoms with van der Waals surface area (Å²) in [4.78, 5) is 25.6. The van der Waals surface area contributed by atoms with E-state index in [-0.39, 0.29) is 19.1 Å². The Morgan fingerprint density at radius 2 is 1.92 bits per heavy atom. The molecule has 2 aromatic rings. The van der Waals surface area contributed by atoms with Gasteiger partial charge in [-0.05, 0) is 44.2 Å². The lowest BCUT2D eigenvalue weighted by Gasteiger charge is -2.30. The van der Waals surface area contributed by atoms with Crippen LogP contribution in [-0.4, -0.2) is 59.4 Å². The van der Waals surface area contributed by atoms with Crippen molar-refractivity contribution in [3.8, 4) is 11.4 Å². The van der Waals surface area contributed by atoms with Gasteiger partial charge in [-0.2, -0.15) is 0 Å². The molecule has 0 bridgehead atoms. The fourth-order valence-corrected chi connectivity index (χ4v) is 3.26. The van der Waals surface area contributed by atoms with Gasteiger partial charge in [0.2, 0.25) is 0 Å². The molecule has 3 rings (SSSR count). The molecule has 0 aliphatic carbocycles. The largest absolute Gasteiger partial charge is 0.497 e. The number of carboxylic acids is 1. The first-order chi connectivity index (χ1) is 12.4. The quantitative estimate of drug-likeness (QED) is 0.904. The molecule has 1 aliphatic rings. The van der Waals surface area contributed by atoms with E-state index < -0.39 is 12.1 Å². The van der Waals surface area contributed by atoms with Crippen molar-refractivity contribution in [1.29, 1.82) is 0 Å². The van der Waals surface area contributed by atoms with E-state index in [0.717, 1.165) is 22.8 Å². The summed E-state index contributed by atoms with van der Waals surface area (Å²) < 4.78 is 12.4. The second-order valence-corrected chi connectivity index (χ2v) is 6.27. The summed E-state index contributed by atoms with van der Waals surface area (Å²) >= 11 is 0. The Bertz CT molecular complexity index is 825. The van der Waals surface area contributed by atoms with Crippen LogP contribution < -0.4 is 4.74 Å². The maximum Gasteiger partial charge on any atom is 0.334 e. The smallest absolute Gasteiger partial charge is 0.334 e. The van der Waals surface area contributed by atoms with E-state index in [4.69, 9.17) is 14.6 Å². The number of hydrogen-bond donors (Lipinski definition) is 1. The molecule has 1 saturated heterocycles. The first-order valence-corrected chi connectivity index (χ1v) is 8.39. The first kappa shape index (κ1) is 18.0. The topological polar surface area (TPSA) is 81.0 Å². The molecular weight excluding hydrogens is 336 g/mol. The molecular formula is C19H22N2O5. The van der Waals surface area contributed by atoms with E-state index in [2.05, 4.69) is 0 Å². The Kier molecular flexibility index (Phi) is 4.99. The molecule has 1 fully saturated rings. The van der Waals surface area contributed by atoms with Gasteiger partial charge in [0.15, 0.2) is 6.10 Å². The molecule has 1 aromatic heterocycles. The predicted molar refractivity (Wildman–Crippen MR) is 95.1 cm³/mol. The van der Waals surface area contributed by atoms with Crippen LogP contribution in [0.5, 0.6) is 5.75 Å². The average Bonchev–Trinajstić information content (AvgIpc) is 2.95. The molecule has 138 valence electrons. The highest BCUT2D eigenvalue weighted by Crippen LogP contribution is 2.24. The molecule has 1 aliphatic heterocycles. The second-order valence-electron chi connectivity index (χ2n) is 6.27. The Labute approximate surface area is 151 Å². The van der Waals surface area contributed by atoms with Crippen molar-refractivity contribution in [1.82, 2.24) is 9.47 Å². The number of methoxy groups -OCH3 is 1. The van der Waals surface area contributed by atoms with Crippen molar-refractivity contribution in [3.63, 3.8) is 0 Å². The third kappa shape index (κ3) is 3.30. The number of carbonyl (C=O) groups excluding carboxylic acids is 1. The van der Waals surface area contributed by atoms with Crippen LogP contribution in [0.15, 0.2) is 30.3 Å². The van der Waals surface area contributed by atoms with Crippen LogP contribution in [0.3, 0.4) is 0 Å². The number of amides is 1. The minimum atomic E-state index is -1.05. The Balaban J connectivity index is 1.89. The van der Waals surface area contributed by atoms with Crippen molar-refractivity contribution < 1.29 is 24.2 Å². The highest BCUT2D eigenvalue weighted by atomic mass is 16.5. The van der Waals surface area contributed by atoms with Gasteiger partial charge >= 0.3 is 5.97 Å². The summed E-state index contributed by atoms with van der Waals surface area (Å²) in [6, 6.07) is 9.45. The molecule has 0 saturated carbocycles. The SMILES string of the molecule is COc1ccc(-n2c(C)cc(C(=O)N3CCOC(C(=O)O)C3)c2C)cc1. The lowest BCUT2D eigenvalue weighted by Crippen LogP contribution is -2.48. The number of aliphatic carboxylic acids is 1. The molecule has 0 radical (unpaired) electrons. The standard InChI is InChI=1S/C19H22N2O5/c1-12-10-16(18(22)20-8-9-26-17(11-20)19(23)24)13(2)21(12)14-4-6-15(25-3)7-5-14/h4-7,10,17H,8-9,11H2,1-3H3,(H,23,24). The molecule has 1 amide bonds. The number of aromatic nitrogens is 1. The number of carboxylic acid groups (broad SMARTS) is 1. The fourth-order valence-electron chi connectivity index (χ4n) is 3.26. The van der Waals surface area contributed by atoms with Gasteiger partial charge < -0.3 is 24.0 Å². The molecule has 1 aromatic carbocycles. The van der Waals surface area contributed by atoms with Crippen molar-refractivity contribution >= 4 is 11.9 Å². The van der Waals surface area contributed by atoms with Crippen LogP contribution in [0, 0.1) is 13.8 Å². The van der Waals surface area contributed by atoms with Gasteiger partial charge in [0.1, 0.15) is 5.75 Å². The molecule has 7 heteroatoms. The average molecular weight is 358 g/mol. The Morgan fingerprint density at radius 3 is 2.54 bits per heavy atom. The van der Waals surface area contributed by atoms with Crippen LogP contribution >= 0.6 is 0 Å². The molecule has 1 unspecified atom stereocenters. The van der Waals surface area contributed by atoms with Gasteiger partial charge in [0.05, 0.1) is 25.8 Å². The summed E-state index contributed by atoms with van der Waals surface area (Å²) in [6.45, 7) is 4.49. The van der Waals surface area contributed by atoms with E-state index in [1.165, 1.54) is 0 Å². The molecule has 1 atom stereocenters. The van der Waals surface area contributed by atoms with E-state index in [1.807, 2.05) is 48.7 Å². The van der Waals surface area contributed by atoms with E-state index >= 15 is 0 Å². The number of benzene rings is 1. The maximum atomic E-state index is 12.9. The first-order valence-electron chi connectivity index (χ1n) is 8.39. The second kappa shape index (κ2) is 7.21. The number of hydrogen-bond acceptors (Lipinski definition) is 4. The third-order valence-electron chi connectivity index (χ3n) is 4.62. The zero-order valence-corrected chi connectivity index (χ0v) is 15.1. The summed E-state index contributed by atoms with van der Waals surface area (Å²) in [7, 11) is 1.62. The number of aryl methyl sites for hydroxylation is 1. The lowest BCUT2D eigenvalue weighted by atomic mass is 10.2. The van der Waals surface area contributed by atoms with Gasteiger partial charge in [-0.25, -0.2) is 4.79 Å². The number of carbonyl (C=O) groups is 2. The van der Waals surface area contributed by atoms with Gasteiger partial charge in [-0.15, -0.1) is 0 Å². The van der Waals surface area contributed by atoms with Crippen molar-refractivity contribution in [3.05, 3.63) is 47.3 Å². The van der Waals surface area contributed by atoms with Crippen LogP contribution in [0.2, 0.25) is 0 Å². The van der Waals surface area contributed by atoms with Crippen molar-refractivity contribution in [2.75, 3.05) is 26.8 Å². The highest BCUT2D eigenvalue weighted by Gasteiger charge is 2.31. The molecule has 0 spiro atoms. The van der Waals surface area contributed by atoms with Gasteiger partial charge in [0.25, 0.3) is 5.91 Å². The Morgan fingerprint density at radius 1 is 1.23 bits per heavy atom. The molecule has 2 heterocycles.